The van der Waals surface area contributed by atoms with E-state index in [9.17, 15) is 9.59 Å². The normalized spacial score (nSPS) is 10.3. The second-order valence-corrected chi connectivity index (χ2v) is 6.08. The lowest BCUT2D eigenvalue weighted by molar-refractivity contribution is -0.114. The summed E-state index contributed by atoms with van der Waals surface area (Å²) in [6.07, 6.45) is 1.69. The van der Waals surface area contributed by atoms with Crippen LogP contribution in [-0.2, 0) is 16.0 Å². The van der Waals surface area contributed by atoms with Crippen LogP contribution in [0, 0.1) is 6.92 Å². The molecule has 0 saturated heterocycles. The van der Waals surface area contributed by atoms with E-state index < -0.39 is 0 Å². The van der Waals surface area contributed by atoms with Crippen LogP contribution < -0.4 is 10.6 Å². The van der Waals surface area contributed by atoms with Crippen molar-refractivity contribution in [1.82, 2.24) is 0 Å². The fraction of sp³-hybridized carbons (Fsp3) is 0.333. The molecule has 0 radical (unpaired) electrons. The summed E-state index contributed by atoms with van der Waals surface area (Å²) in [6.45, 7) is 6.64. The lowest BCUT2D eigenvalue weighted by Crippen LogP contribution is -2.22. The number of benzene rings is 2. The van der Waals surface area contributed by atoms with Crippen LogP contribution in [-0.4, -0.2) is 25.0 Å². The molecule has 0 atom stereocenters. The number of aryl methyl sites for hydroxylation is 2. The number of hydrogen-bond acceptors (Lipinski definition) is 4. The average Bonchev–Trinajstić information content (AvgIpc) is 2.65. The van der Waals surface area contributed by atoms with Crippen molar-refractivity contribution in [1.29, 1.82) is 0 Å². The van der Waals surface area contributed by atoms with Crippen LogP contribution in [0.25, 0.3) is 0 Å². The first-order valence-corrected chi connectivity index (χ1v) is 8.94. The fourth-order valence-electron chi connectivity index (χ4n) is 2.62. The molecule has 5 nitrogen and oxygen atoms in total. The summed E-state index contributed by atoms with van der Waals surface area (Å²) < 4.78 is 5.08. The van der Waals surface area contributed by atoms with Gasteiger partial charge in [-0.05, 0) is 55.2 Å². The van der Waals surface area contributed by atoms with Crippen molar-refractivity contribution >= 4 is 23.3 Å². The Hall–Kier alpha value is -2.82. The number of hydrogen-bond donors (Lipinski definition) is 2. The number of nitrogens with one attached hydrogen (secondary N) is 2. The number of para-hydroxylation sites is 1. The lowest BCUT2D eigenvalue weighted by atomic mass is 10.1. The predicted molar refractivity (Wildman–Crippen MR) is 105 cm³/mol. The first kappa shape index (κ1) is 19.5. The molecule has 2 rings (SSSR count). The Labute approximate surface area is 154 Å². The molecule has 26 heavy (non-hydrogen) atoms. The smallest absolute Gasteiger partial charge is 0.338 e. The molecule has 0 heterocycles. The Morgan fingerprint density at radius 3 is 2.42 bits per heavy atom. The van der Waals surface area contributed by atoms with Crippen LogP contribution in [0.4, 0.5) is 11.4 Å². The third-order valence-corrected chi connectivity index (χ3v) is 4.01. The monoisotopic (exact) mass is 354 g/mol. The SMILES string of the molecule is CCCOC(=O)c1ccc(NC(=O)CNc2c(C)cccc2CC)cc1. The van der Waals surface area contributed by atoms with Crippen molar-refractivity contribution in [3.8, 4) is 0 Å². The van der Waals surface area contributed by atoms with Crippen LogP contribution >= 0.6 is 0 Å². The van der Waals surface area contributed by atoms with E-state index in [1.807, 2.05) is 26.0 Å². The molecular weight excluding hydrogens is 328 g/mol. The van der Waals surface area contributed by atoms with E-state index in [4.69, 9.17) is 4.74 Å². The third kappa shape index (κ3) is 5.34. The number of anilines is 2. The van der Waals surface area contributed by atoms with Crippen molar-refractivity contribution < 1.29 is 14.3 Å². The molecule has 0 saturated carbocycles. The highest BCUT2D eigenvalue weighted by molar-refractivity contribution is 5.95. The average molecular weight is 354 g/mol. The van der Waals surface area contributed by atoms with Crippen molar-refractivity contribution in [2.45, 2.75) is 33.6 Å². The first-order valence-electron chi connectivity index (χ1n) is 8.94. The summed E-state index contributed by atoms with van der Waals surface area (Å²) in [5.41, 5.74) is 4.44. The van der Waals surface area contributed by atoms with E-state index in [1.165, 1.54) is 5.56 Å². The molecule has 0 unspecified atom stereocenters. The number of amides is 1. The number of carbonyl (C=O) groups excluding carboxylic acids is 2. The van der Waals surface area contributed by atoms with Gasteiger partial charge in [0.15, 0.2) is 0 Å². The summed E-state index contributed by atoms with van der Waals surface area (Å²) in [6, 6.07) is 12.8. The predicted octanol–water partition coefficient (Wildman–Crippen LogP) is 4.17. The van der Waals surface area contributed by atoms with E-state index in [2.05, 4.69) is 23.6 Å². The minimum Gasteiger partial charge on any atom is -0.462 e. The standard InChI is InChI=1S/C21H26N2O3/c1-4-13-26-21(25)17-9-11-18(12-10-17)23-19(24)14-22-20-15(3)7-6-8-16(20)5-2/h6-12,22H,4-5,13-14H2,1-3H3,(H,23,24). The van der Waals surface area contributed by atoms with Gasteiger partial charge in [-0.2, -0.15) is 0 Å². The minimum atomic E-state index is -0.349. The van der Waals surface area contributed by atoms with Gasteiger partial charge < -0.3 is 15.4 Å². The Bertz CT molecular complexity index is 754. The van der Waals surface area contributed by atoms with E-state index in [1.54, 1.807) is 24.3 Å². The Kier molecular flexibility index (Phi) is 7.21. The highest BCUT2D eigenvalue weighted by Crippen LogP contribution is 2.20. The zero-order valence-electron chi connectivity index (χ0n) is 15.6. The van der Waals surface area contributed by atoms with Gasteiger partial charge in [-0.3, -0.25) is 4.79 Å². The Balaban J connectivity index is 1.91. The van der Waals surface area contributed by atoms with Crippen LogP contribution in [0.5, 0.6) is 0 Å². The van der Waals surface area contributed by atoms with Crippen LogP contribution in [0.2, 0.25) is 0 Å². The van der Waals surface area contributed by atoms with Gasteiger partial charge in [0.2, 0.25) is 5.91 Å². The zero-order chi connectivity index (χ0) is 18.9. The van der Waals surface area contributed by atoms with E-state index in [0.717, 1.165) is 24.1 Å². The van der Waals surface area contributed by atoms with Crippen LogP contribution in [0.1, 0.15) is 41.8 Å². The summed E-state index contributed by atoms with van der Waals surface area (Å²) >= 11 is 0. The molecule has 1 amide bonds. The maximum absolute atomic E-state index is 12.2. The van der Waals surface area contributed by atoms with Crippen LogP contribution in [0.3, 0.4) is 0 Å². The molecule has 0 bridgehead atoms. The molecule has 0 aliphatic carbocycles. The Morgan fingerprint density at radius 1 is 1.04 bits per heavy atom. The van der Waals surface area contributed by atoms with Crippen molar-refractivity contribution in [2.24, 2.45) is 0 Å². The maximum Gasteiger partial charge on any atom is 0.338 e. The number of rotatable bonds is 8. The van der Waals surface area contributed by atoms with Crippen molar-refractivity contribution in [3.63, 3.8) is 0 Å². The second-order valence-electron chi connectivity index (χ2n) is 6.08. The van der Waals surface area contributed by atoms with Crippen LogP contribution in [0.15, 0.2) is 42.5 Å². The second kappa shape index (κ2) is 9.61. The summed E-state index contributed by atoms with van der Waals surface area (Å²) in [5, 5.41) is 6.04. The Morgan fingerprint density at radius 2 is 1.77 bits per heavy atom. The van der Waals surface area contributed by atoms with Gasteiger partial charge in [0.25, 0.3) is 0 Å². The largest absolute Gasteiger partial charge is 0.462 e. The van der Waals surface area contributed by atoms with Gasteiger partial charge in [-0.1, -0.05) is 32.0 Å². The highest BCUT2D eigenvalue weighted by Gasteiger charge is 2.09. The summed E-state index contributed by atoms with van der Waals surface area (Å²) in [4.78, 5) is 24.0. The van der Waals surface area contributed by atoms with Gasteiger partial charge in [0.1, 0.15) is 0 Å². The number of esters is 1. The van der Waals surface area contributed by atoms with E-state index >= 15 is 0 Å². The van der Waals surface area contributed by atoms with E-state index in [0.29, 0.717) is 17.9 Å². The van der Waals surface area contributed by atoms with Gasteiger partial charge in [-0.15, -0.1) is 0 Å². The molecule has 0 spiro atoms. The van der Waals surface area contributed by atoms with Gasteiger partial charge in [0.05, 0.1) is 18.7 Å². The highest BCUT2D eigenvalue weighted by atomic mass is 16.5. The molecule has 2 aromatic carbocycles. The summed E-state index contributed by atoms with van der Waals surface area (Å²) in [5.74, 6) is -0.491. The number of ether oxygens (including phenoxy) is 1. The lowest BCUT2D eigenvalue weighted by Gasteiger charge is -2.14. The molecule has 0 aromatic heterocycles. The molecule has 5 heteroatoms. The molecule has 0 aliphatic rings. The summed E-state index contributed by atoms with van der Waals surface area (Å²) in [7, 11) is 0. The van der Waals surface area contributed by atoms with Crippen molar-refractivity contribution in [3.05, 3.63) is 59.2 Å². The zero-order valence-corrected chi connectivity index (χ0v) is 15.6. The third-order valence-electron chi connectivity index (χ3n) is 4.01. The van der Waals surface area contributed by atoms with Gasteiger partial charge in [0, 0.05) is 11.4 Å². The molecule has 0 aliphatic heterocycles. The first-order chi connectivity index (χ1) is 12.5. The minimum absolute atomic E-state index is 0.142. The molecule has 0 fully saturated rings. The molecule has 2 N–H and O–H groups in total. The van der Waals surface area contributed by atoms with E-state index in [-0.39, 0.29) is 18.4 Å². The quantitative estimate of drug-likeness (QED) is 0.698. The molecule has 138 valence electrons. The molecular formula is C21H26N2O3. The molecule has 2 aromatic rings. The van der Waals surface area contributed by atoms with Gasteiger partial charge >= 0.3 is 5.97 Å². The topological polar surface area (TPSA) is 67.4 Å². The van der Waals surface area contributed by atoms with Crippen molar-refractivity contribution in [2.75, 3.05) is 23.8 Å². The fourth-order valence-corrected chi connectivity index (χ4v) is 2.62. The van der Waals surface area contributed by atoms with Gasteiger partial charge in [-0.25, -0.2) is 4.79 Å². The number of carbonyl (C=O) groups is 2. The maximum atomic E-state index is 12.2.